The number of para-hydroxylation sites is 1. The highest BCUT2D eigenvalue weighted by molar-refractivity contribution is 5.85. The lowest BCUT2D eigenvalue weighted by Crippen LogP contribution is -2.37. The third-order valence-electron chi connectivity index (χ3n) is 4.43. The fraction of sp³-hybridized carbons (Fsp3) is 0.600. The van der Waals surface area contributed by atoms with Crippen molar-refractivity contribution in [3.05, 3.63) is 29.8 Å². The summed E-state index contributed by atoms with van der Waals surface area (Å²) in [4.78, 5) is 26.0. The minimum absolute atomic E-state index is 0. The standard InChI is InChI=1S/C20H33N3O3.ClH/c1-6-26-19-10-8-7-9-16(19)18(22-15(4)24)13-20(25)23(5)12-11-17(21)14(2)3;/h7-10,14,17-18H,6,11-13,21H2,1-5H3,(H,22,24);1H. The molecule has 2 atom stereocenters. The zero-order valence-electron chi connectivity index (χ0n) is 17.0. The summed E-state index contributed by atoms with van der Waals surface area (Å²) in [5.41, 5.74) is 6.88. The number of ether oxygens (including phenoxy) is 1. The number of hydrogen-bond acceptors (Lipinski definition) is 4. The summed E-state index contributed by atoms with van der Waals surface area (Å²) in [6.07, 6.45) is 0.928. The second-order valence-electron chi connectivity index (χ2n) is 6.94. The Labute approximate surface area is 169 Å². The smallest absolute Gasteiger partial charge is 0.224 e. The molecule has 0 saturated heterocycles. The van der Waals surface area contributed by atoms with Crippen molar-refractivity contribution >= 4 is 24.2 Å². The third kappa shape index (κ3) is 8.63. The predicted molar refractivity (Wildman–Crippen MR) is 111 cm³/mol. The summed E-state index contributed by atoms with van der Waals surface area (Å²) >= 11 is 0. The van der Waals surface area contributed by atoms with Gasteiger partial charge < -0.3 is 20.7 Å². The average Bonchev–Trinajstić information content (AvgIpc) is 2.58. The van der Waals surface area contributed by atoms with Gasteiger partial charge in [0.1, 0.15) is 5.75 Å². The van der Waals surface area contributed by atoms with E-state index in [4.69, 9.17) is 10.5 Å². The minimum Gasteiger partial charge on any atom is -0.494 e. The van der Waals surface area contributed by atoms with Crippen LogP contribution < -0.4 is 15.8 Å². The molecular weight excluding hydrogens is 366 g/mol. The maximum atomic E-state index is 12.7. The molecule has 27 heavy (non-hydrogen) atoms. The molecule has 2 amide bonds. The lowest BCUT2D eigenvalue weighted by Gasteiger charge is -2.25. The monoisotopic (exact) mass is 399 g/mol. The van der Waals surface area contributed by atoms with E-state index in [2.05, 4.69) is 19.2 Å². The van der Waals surface area contributed by atoms with Crippen molar-refractivity contribution in [3.8, 4) is 5.75 Å². The lowest BCUT2D eigenvalue weighted by atomic mass is 10.0. The number of halogens is 1. The maximum Gasteiger partial charge on any atom is 0.224 e. The number of carbonyl (C=O) groups excluding carboxylic acids is 2. The van der Waals surface area contributed by atoms with E-state index in [1.54, 1.807) is 11.9 Å². The molecular formula is C20H34ClN3O3. The molecule has 1 rings (SSSR count). The normalized spacial score (nSPS) is 12.7. The van der Waals surface area contributed by atoms with Crippen LogP contribution in [0.5, 0.6) is 5.75 Å². The van der Waals surface area contributed by atoms with E-state index in [0.717, 1.165) is 12.0 Å². The van der Waals surface area contributed by atoms with Gasteiger partial charge in [0.25, 0.3) is 0 Å². The van der Waals surface area contributed by atoms with Crippen molar-refractivity contribution in [2.24, 2.45) is 11.7 Å². The second-order valence-corrected chi connectivity index (χ2v) is 6.94. The Morgan fingerprint density at radius 1 is 1.26 bits per heavy atom. The molecule has 0 fully saturated rings. The Balaban J connectivity index is 0.00000676. The maximum absolute atomic E-state index is 12.7. The van der Waals surface area contributed by atoms with E-state index in [0.29, 0.717) is 24.8 Å². The van der Waals surface area contributed by atoms with Crippen molar-refractivity contribution in [2.75, 3.05) is 20.2 Å². The molecule has 6 nitrogen and oxygen atoms in total. The Morgan fingerprint density at radius 3 is 2.44 bits per heavy atom. The molecule has 7 heteroatoms. The van der Waals surface area contributed by atoms with Gasteiger partial charge in [-0.2, -0.15) is 0 Å². The fourth-order valence-electron chi connectivity index (χ4n) is 2.67. The van der Waals surface area contributed by atoms with E-state index in [-0.39, 0.29) is 36.7 Å². The third-order valence-corrected chi connectivity index (χ3v) is 4.43. The lowest BCUT2D eigenvalue weighted by molar-refractivity contribution is -0.130. The van der Waals surface area contributed by atoms with Crippen molar-refractivity contribution in [2.45, 2.75) is 52.6 Å². The van der Waals surface area contributed by atoms with Crippen LogP contribution in [0.2, 0.25) is 0 Å². The number of nitrogens with one attached hydrogen (secondary N) is 1. The van der Waals surface area contributed by atoms with Crippen LogP contribution in [0, 0.1) is 5.92 Å². The van der Waals surface area contributed by atoms with Gasteiger partial charge >= 0.3 is 0 Å². The summed E-state index contributed by atoms with van der Waals surface area (Å²) in [5.74, 6) is 0.847. The number of hydrogen-bond donors (Lipinski definition) is 2. The van der Waals surface area contributed by atoms with Crippen molar-refractivity contribution < 1.29 is 14.3 Å². The van der Waals surface area contributed by atoms with Gasteiger partial charge in [-0.05, 0) is 25.3 Å². The molecule has 1 aromatic rings. The highest BCUT2D eigenvalue weighted by Gasteiger charge is 2.22. The summed E-state index contributed by atoms with van der Waals surface area (Å²) < 4.78 is 5.65. The number of amides is 2. The molecule has 0 aliphatic rings. The first-order valence-electron chi connectivity index (χ1n) is 9.24. The van der Waals surface area contributed by atoms with Gasteiger partial charge in [0.05, 0.1) is 19.1 Å². The number of rotatable bonds is 10. The Hall–Kier alpha value is -1.79. The van der Waals surface area contributed by atoms with Crippen LogP contribution in [-0.2, 0) is 9.59 Å². The van der Waals surface area contributed by atoms with Crippen LogP contribution in [0.15, 0.2) is 24.3 Å². The SMILES string of the molecule is CCOc1ccccc1C(CC(=O)N(C)CCC(N)C(C)C)NC(C)=O.Cl. The summed E-state index contributed by atoms with van der Waals surface area (Å²) in [6, 6.07) is 7.12. The van der Waals surface area contributed by atoms with Crippen LogP contribution in [0.3, 0.4) is 0 Å². The topological polar surface area (TPSA) is 84.7 Å². The first-order valence-corrected chi connectivity index (χ1v) is 9.24. The molecule has 3 N–H and O–H groups in total. The number of benzene rings is 1. The molecule has 0 heterocycles. The van der Waals surface area contributed by atoms with Crippen LogP contribution in [0.4, 0.5) is 0 Å². The highest BCUT2D eigenvalue weighted by Crippen LogP contribution is 2.28. The number of nitrogens with two attached hydrogens (primary N) is 1. The number of carbonyl (C=O) groups is 2. The molecule has 0 bridgehead atoms. The summed E-state index contributed by atoms with van der Waals surface area (Å²) in [6.45, 7) is 8.62. The summed E-state index contributed by atoms with van der Waals surface area (Å²) in [5, 5.41) is 2.87. The van der Waals surface area contributed by atoms with E-state index < -0.39 is 6.04 Å². The van der Waals surface area contributed by atoms with Crippen molar-refractivity contribution in [1.82, 2.24) is 10.2 Å². The van der Waals surface area contributed by atoms with E-state index in [1.807, 2.05) is 31.2 Å². The zero-order valence-corrected chi connectivity index (χ0v) is 17.8. The van der Waals surface area contributed by atoms with Crippen LogP contribution >= 0.6 is 12.4 Å². The van der Waals surface area contributed by atoms with Gasteiger partial charge in [0, 0.05) is 32.1 Å². The van der Waals surface area contributed by atoms with Gasteiger partial charge in [0.2, 0.25) is 11.8 Å². The van der Waals surface area contributed by atoms with E-state index >= 15 is 0 Å². The minimum atomic E-state index is -0.427. The van der Waals surface area contributed by atoms with Gasteiger partial charge in [-0.25, -0.2) is 0 Å². The highest BCUT2D eigenvalue weighted by atomic mass is 35.5. The van der Waals surface area contributed by atoms with Gasteiger partial charge in [0.15, 0.2) is 0 Å². The molecule has 0 spiro atoms. The van der Waals surface area contributed by atoms with Gasteiger partial charge in [-0.3, -0.25) is 9.59 Å². The van der Waals surface area contributed by atoms with Crippen molar-refractivity contribution in [1.29, 1.82) is 0 Å². The first-order chi connectivity index (χ1) is 12.3. The van der Waals surface area contributed by atoms with Gasteiger partial charge in [-0.1, -0.05) is 32.0 Å². The largest absolute Gasteiger partial charge is 0.494 e. The Morgan fingerprint density at radius 2 is 1.89 bits per heavy atom. The molecule has 1 aromatic carbocycles. The van der Waals surface area contributed by atoms with Crippen LogP contribution in [0.1, 0.15) is 52.1 Å². The number of nitrogens with zero attached hydrogens (tertiary/aromatic N) is 1. The Kier molecular flexibility index (Phi) is 11.7. The average molecular weight is 400 g/mol. The second kappa shape index (κ2) is 12.6. The quantitative estimate of drug-likeness (QED) is 0.633. The molecule has 0 aromatic heterocycles. The van der Waals surface area contributed by atoms with Crippen LogP contribution in [-0.4, -0.2) is 43.0 Å². The van der Waals surface area contributed by atoms with Crippen LogP contribution in [0.25, 0.3) is 0 Å². The first kappa shape index (κ1) is 25.2. The summed E-state index contributed by atoms with van der Waals surface area (Å²) in [7, 11) is 1.77. The molecule has 154 valence electrons. The molecule has 2 unspecified atom stereocenters. The van der Waals surface area contributed by atoms with E-state index in [9.17, 15) is 9.59 Å². The predicted octanol–water partition coefficient (Wildman–Crippen LogP) is 2.91. The molecule has 0 aliphatic heterocycles. The Bertz CT molecular complexity index is 596. The van der Waals surface area contributed by atoms with Gasteiger partial charge in [-0.15, -0.1) is 12.4 Å². The zero-order chi connectivity index (χ0) is 19.7. The van der Waals surface area contributed by atoms with Crippen molar-refractivity contribution in [3.63, 3.8) is 0 Å². The fourth-order valence-corrected chi connectivity index (χ4v) is 2.67. The molecule has 0 saturated carbocycles. The van der Waals surface area contributed by atoms with E-state index in [1.165, 1.54) is 6.92 Å². The molecule has 0 aliphatic carbocycles. The molecule has 0 radical (unpaired) electrons.